The Morgan fingerprint density at radius 2 is 2.03 bits per heavy atom. The minimum absolute atomic E-state index is 0. The molecule has 29 heavy (non-hydrogen) atoms. The Morgan fingerprint density at radius 1 is 1.31 bits per heavy atom. The molecule has 0 radical (unpaired) electrons. The fourth-order valence-corrected chi connectivity index (χ4v) is 3.72. The lowest BCUT2D eigenvalue weighted by Crippen LogP contribution is -2.49. The molecule has 1 aliphatic heterocycles. The summed E-state index contributed by atoms with van der Waals surface area (Å²) in [6.07, 6.45) is 6.11. The molecule has 2 aliphatic rings. The lowest BCUT2D eigenvalue weighted by Gasteiger charge is -2.27. The number of halogens is 1. The average molecular weight is 519 g/mol. The number of guanidine groups is 1. The molecule has 0 aromatic carbocycles. The summed E-state index contributed by atoms with van der Waals surface area (Å²) in [5.41, 5.74) is 0. The standard InChI is InChI=1S/C20H33N5O3.HI/c1-3-27-20(26)24-16(15-8-9-15)13-22-19(21-2)23-14-17(18-7-6-12-28-18)25-10-4-5-11-25;/h6-7,12,15-17H,3-5,8-11,13-14H2,1-2H3,(H,24,26)(H2,21,22,23);1H. The molecule has 164 valence electrons. The van der Waals surface area contributed by atoms with Crippen LogP contribution in [0.1, 0.15) is 44.4 Å². The first-order valence-corrected chi connectivity index (χ1v) is 10.4. The number of hydrogen-bond donors (Lipinski definition) is 3. The molecule has 0 bridgehead atoms. The molecule has 1 aromatic heterocycles. The number of carbonyl (C=O) groups is 1. The van der Waals surface area contributed by atoms with Gasteiger partial charge in [0.15, 0.2) is 5.96 Å². The van der Waals surface area contributed by atoms with Crippen LogP contribution in [0.25, 0.3) is 0 Å². The maximum atomic E-state index is 11.8. The van der Waals surface area contributed by atoms with E-state index in [4.69, 9.17) is 9.15 Å². The number of amides is 1. The van der Waals surface area contributed by atoms with Crippen LogP contribution in [-0.4, -0.2) is 62.8 Å². The van der Waals surface area contributed by atoms with Crippen LogP contribution in [0.4, 0.5) is 4.79 Å². The summed E-state index contributed by atoms with van der Waals surface area (Å²) in [5, 5.41) is 9.73. The molecule has 1 amide bonds. The van der Waals surface area contributed by atoms with Crippen molar-refractivity contribution in [3.05, 3.63) is 24.2 Å². The van der Waals surface area contributed by atoms with Gasteiger partial charge in [0.2, 0.25) is 0 Å². The van der Waals surface area contributed by atoms with Crippen molar-refractivity contribution in [2.45, 2.75) is 44.7 Å². The SMILES string of the molecule is CCOC(=O)NC(CNC(=NC)NCC(c1ccco1)N1CCCC1)C1CC1.I. The minimum atomic E-state index is -0.351. The van der Waals surface area contributed by atoms with Crippen molar-refractivity contribution in [3.8, 4) is 0 Å². The topological polar surface area (TPSA) is 91.1 Å². The lowest BCUT2D eigenvalue weighted by atomic mass is 10.2. The summed E-state index contributed by atoms with van der Waals surface area (Å²) < 4.78 is 10.7. The molecule has 1 aliphatic carbocycles. The van der Waals surface area contributed by atoms with Gasteiger partial charge < -0.3 is 25.1 Å². The molecule has 1 saturated heterocycles. The number of ether oxygens (including phenoxy) is 1. The zero-order chi connectivity index (χ0) is 19.8. The van der Waals surface area contributed by atoms with E-state index in [1.807, 2.05) is 19.1 Å². The van der Waals surface area contributed by atoms with Crippen molar-refractivity contribution in [2.75, 3.05) is 39.8 Å². The van der Waals surface area contributed by atoms with Gasteiger partial charge in [-0.05, 0) is 63.7 Å². The van der Waals surface area contributed by atoms with Gasteiger partial charge in [0.25, 0.3) is 0 Å². The van der Waals surface area contributed by atoms with Gasteiger partial charge in [-0.3, -0.25) is 9.89 Å². The molecule has 1 saturated carbocycles. The summed E-state index contributed by atoms with van der Waals surface area (Å²) in [6, 6.07) is 4.21. The number of likely N-dealkylation sites (tertiary alicyclic amines) is 1. The fraction of sp³-hybridized carbons (Fsp3) is 0.700. The third-order valence-corrected chi connectivity index (χ3v) is 5.40. The third-order valence-electron chi connectivity index (χ3n) is 5.40. The highest BCUT2D eigenvalue weighted by molar-refractivity contribution is 14.0. The highest BCUT2D eigenvalue weighted by Crippen LogP contribution is 2.32. The van der Waals surface area contributed by atoms with Gasteiger partial charge in [0, 0.05) is 20.1 Å². The predicted octanol–water partition coefficient (Wildman–Crippen LogP) is 2.72. The Kier molecular flexibility index (Phi) is 10.1. The number of aliphatic imine (C=N–C) groups is 1. The van der Waals surface area contributed by atoms with Crippen LogP contribution in [0.3, 0.4) is 0 Å². The average Bonchev–Trinajstić information content (AvgIpc) is 3.16. The van der Waals surface area contributed by atoms with Crippen LogP contribution in [0.15, 0.2) is 27.8 Å². The number of carbonyl (C=O) groups excluding carboxylic acids is 1. The van der Waals surface area contributed by atoms with E-state index in [1.165, 1.54) is 12.8 Å². The van der Waals surface area contributed by atoms with Crippen LogP contribution in [0.5, 0.6) is 0 Å². The summed E-state index contributed by atoms with van der Waals surface area (Å²) in [7, 11) is 1.76. The molecule has 2 unspecified atom stereocenters. The predicted molar refractivity (Wildman–Crippen MR) is 124 cm³/mol. The Labute approximate surface area is 190 Å². The van der Waals surface area contributed by atoms with Gasteiger partial charge in [0.05, 0.1) is 25.0 Å². The summed E-state index contributed by atoms with van der Waals surface area (Å²) >= 11 is 0. The lowest BCUT2D eigenvalue weighted by molar-refractivity contribution is 0.146. The molecule has 8 nitrogen and oxygen atoms in total. The van der Waals surface area contributed by atoms with Crippen molar-refractivity contribution in [1.82, 2.24) is 20.9 Å². The van der Waals surface area contributed by atoms with Crippen LogP contribution >= 0.6 is 24.0 Å². The number of nitrogens with one attached hydrogen (secondary N) is 3. The van der Waals surface area contributed by atoms with Gasteiger partial charge >= 0.3 is 6.09 Å². The van der Waals surface area contributed by atoms with Gasteiger partial charge in [-0.25, -0.2) is 4.79 Å². The van der Waals surface area contributed by atoms with Crippen LogP contribution in [0, 0.1) is 5.92 Å². The van der Waals surface area contributed by atoms with E-state index in [9.17, 15) is 4.79 Å². The Bertz CT molecular complexity index is 630. The van der Waals surface area contributed by atoms with Gasteiger partial charge in [0.1, 0.15) is 5.76 Å². The van der Waals surface area contributed by atoms with Crippen LogP contribution in [-0.2, 0) is 4.74 Å². The van der Waals surface area contributed by atoms with E-state index in [1.54, 1.807) is 13.3 Å². The fourth-order valence-electron chi connectivity index (χ4n) is 3.72. The maximum Gasteiger partial charge on any atom is 0.407 e. The Hall–Kier alpha value is -1.49. The van der Waals surface area contributed by atoms with Crippen molar-refractivity contribution >= 4 is 36.0 Å². The largest absolute Gasteiger partial charge is 0.468 e. The molecule has 9 heteroatoms. The van der Waals surface area contributed by atoms with Crippen LogP contribution in [0.2, 0.25) is 0 Å². The van der Waals surface area contributed by atoms with E-state index in [2.05, 4.69) is 25.8 Å². The molecule has 0 spiro atoms. The summed E-state index contributed by atoms with van der Waals surface area (Å²) in [4.78, 5) is 18.6. The first-order valence-electron chi connectivity index (χ1n) is 10.4. The van der Waals surface area contributed by atoms with E-state index in [0.717, 1.165) is 37.7 Å². The number of nitrogens with zero attached hydrogens (tertiary/aromatic N) is 2. The molecule has 1 aromatic rings. The van der Waals surface area contributed by atoms with Crippen molar-refractivity contribution in [3.63, 3.8) is 0 Å². The zero-order valence-corrected chi connectivity index (χ0v) is 19.7. The van der Waals surface area contributed by atoms with E-state index in [-0.39, 0.29) is 42.2 Å². The van der Waals surface area contributed by atoms with Gasteiger partial charge in [-0.2, -0.15) is 0 Å². The molecule has 3 N–H and O–H groups in total. The molecular formula is C20H34IN5O3. The quantitative estimate of drug-likeness (QED) is 0.264. The molecule has 2 atom stereocenters. The monoisotopic (exact) mass is 519 g/mol. The first kappa shape index (κ1) is 23.8. The number of furan rings is 1. The Morgan fingerprint density at radius 3 is 2.62 bits per heavy atom. The smallest absolute Gasteiger partial charge is 0.407 e. The molecule has 2 fully saturated rings. The summed E-state index contributed by atoms with van der Waals surface area (Å²) in [5.74, 6) is 2.22. The molecule has 2 heterocycles. The third kappa shape index (κ3) is 7.36. The zero-order valence-electron chi connectivity index (χ0n) is 17.4. The highest BCUT2D eigenvalue weighted by atomic mass is 127. The second-order valence-corrected chi connectivity index (χ2v) is 7.42. The van der Waals surface area contributed by atoms with E-state index >= 15 is 0 Å². The number of alkyl carbamates (subject to hydrolysis) is 1. The second kappa shape index (κ2) is 12.3. The van der Waals surface area contributed by atoms with E-state index in [0.29, 0.717) is 25.6 Å². The Balaban J connectivity index is 0.00000300. The van der Waals surface area contributed by atoms with Crippen LogP contribution < -0.4 is 16.0 Å². The highest BCUT2D eigenvalue weighted by Gasteiger charge is 2.33. The first-order chi connectivity index (χ1) is 13.7. The van der Waals surface area contributed by atoms with E-state index < -0.39 is 0 Å². The minimum Gasteiger partial charge on any atom is -0.468 e. The normalized spacial score (nSPS) is 19.2. The number of hydrogen-bond acceptors (Lipinski definition) is 5. The van der Waals surface area contributed by atoms with Crippen molar-refractivity contribution in [2.24, 2.45) is 10.9 Å². The molecular weight excluding hydrogens is 485 g/mol. The number of rotatable bonds is 9. The van der Waals surface area contributed by atoms with Gasteiger partial charge in [-0.15, -0.1) is 24.0 Å². The maximum absolute atomic E-state index is 11.8. The molecule has 3 rings (SSSR count). The van der Waals surface area contributed by atoms with Gasteiger partial charge in [-0.1, -0.05) is 0 Å². The second-order valence-electron chi connectivity index (χ2n) is 7.42. The summed E-state index contributed by atoms with van der Waals surface area (Å²) in [6.45, 7) is 5.71. The van der Waals surface area contributed by atoms with Crippen molar-refractivity contribution < 1.29 is 13.9 Å². The van der Waals surface area contributed by atoms with Crippen molar-refractivity contribution in [1.29, 1.82) is 0 Å².